The minimum absolute atomic E-state index is 0.0758. The second-order valence-corrected chi connectivity index (χ2v) is 5.69. The van der Waals surface area contributed by atoms with E-state index in [4.69, 9.17) is 4.74 Å². The van der Waals surface area contributed by atoms with Crippen molar-refractivity contribution >= 4 is 37.5 Å². The summed E-state index contributed by atoms with van der Waals surface area (Å²) in [5.74, 6) is -0.309. The van der Waals surface area contributed by atoms with E-state index in [1.165, 1.54) is 18.2 Å². The standard InChI is InChI=1S/C14H10Br2FNO3/c15-7-9-1-4-14(13(5-9)18(19)20)21-8-10-2-3-11(16)6-12(10)17/h1-6H,7-8H2. The number of hydrogen-bond donors (Lipinski definition) is 0. The van der Waals surface area contributed by atoms with Gasteiger partial charge in [-0.2, -0.15) is 0 Å². The van der Waals surface area contributed by atoms with E-state index in [-0.39, 0.29) is 18.0 Å². The maximum absolute atomic E-state index is 13.7. The van der Waals surface area contributed by atoms with Crippen LogP contribution in [0.15, 0.2) is 40.9 Å². The van der Waals surface area contributed by atoms with Crippen LogP contribution in [-0.4, -0.2) is 4.92 Å². The molecule has 0 fully saturated rings. The Morgan fingerprint density at radius 3 is 2.62 bits per heavy atom. The third-order valence-electron chi connectivity index (χ3n) is 2.77. The molecule has 0 radical (unpaired) electrons. The molecule has 0 unspecified atom stereocenters. The minimum Gasteiger partial charge on any atom is -0.482 e. The molecule has 7 heteroatoms. The molecule has 0 aromatic heterocycles. The van der Waals surface area contributed by atoms with Crippen LogP contribution in [0.3, 0.4) is 0 Å². The van der Waals surface area contributed by atoms with Gasteiger partial charge in [0.05, 0.1) is 4.92 Å². The minimum atomic E-state index is -0.514. The van der Waals surface area contributed by atoms with Gasteiger partial charge in [-0.05, 0) is 23.8 Å². The lowest BCUT2D eigenvalue weighted by Crippen LogP contribution is -2.01. The lowest BCUT2D eigenvalue weighted by Gasteiger charge is -2.08. The zero-order chi connectivity index (χ0) is 15.4. The number of nitrogens with zero attached hydrogens (tertiary/aromatic N) is 1. The highest BCUT2D eigenvalue weighted by Crippen LogP contribution is 2.29. The number of rotatable bonds is 5. The van der Waals surface area contributed by atoms with Gasteiger partial charge in [-0.1, -0.05) is 44.0 Å². The van der Waals surface area contributed by atoms with Crippen LogP contribution in [0.25, 0.3) is 0 Å². The average Bonchev–Trinajstić information content (AvgIpc) is 2.46. The van der Waals surface area contributed by atoms with Crippen molar-refractivity contribution in [2.45, 2.75) is 11.9 Å². The monoisotopic (exact) mass is 417 g/mol. The summed E-state index contributed by atoms with van der Waals surface area (Å²) >= 11 is 6.40. The van der Waals surface area contributed by atoms with E-state index in [1.807, 2.05) is 0 Å². The number of nitro benzene ring substituents is 1. The maximum atomic E-state index is 13.7. The summed E-state index contributed by atoms with van der Waals surface area (Å²) < 4.78 is 19.7. The van der Waals surface area contributed by atoms with E-state index in [9.17, 15) is 14.5 Å². The summed E-state index contributed by atoms with van der Waals surface area (Å²) in [6.45, 7) is -0.0758. The van der Waals surface area contributed by atoms with Crippen LogP contribution in [0.5, 0.6) is 5.75 Å². The predicted octanol–water partition coefficient (Wildman–Crippen LogP) is 4.97. The van der Waals surface area contributed by atoms with Crippen molar-refractivity contribution in [3.8, 4) is 5.75 Å². The van der Waals surface area contributed by atoms with Gasteiger partial charge in [-0.15, -0.1) is 0 Å². The van der Waals surface area contributed by atoms with Gasteiger partial charge in [-0.25, -0.2) is 4.39 Å². The number of nitro groups is 1. The smallest absolute Gasteiger partial charge is 0.311 e. The van der Waals surface area contributed by atoms with Crippen molar-refractivity contribution in [3.63, 3.8) is 0 Å². The lowest BCUT2D eigenvalue weighted by molar-refractivity contribution is -0.386. The summed E-state index contributed by atoms with van der Waals surface area (Å²) in [5, 5.41) is 11.6. The summed E-state index contributed by atoms with van der Waals surface area (Å²) in [5.41, 5.74) is 0.963. The van der Waals surface area contributed by atoms with E-state index in [0.29, 0.717) is 15.4 Å². The summed E-state index contributed by atoms with van der Waals surface area (Å²) in [4.78, 5) is 10.5. The number of hydrogen-bond acceptors (Lipinski definition) is 3. The highest BCUT2D eigenvalue weighted by atomic mass is 79.9. The number of alkyl halides is 1. The molecule has 0 spiro atoms. The molecule has 4 nitrogen and oxygen atoms in total. The zero-order valence-corrected chi connectivity index (χ0v) is 13.9. The molecule has 21 heavy (non-hydrogen) atoms. The summed E-state index contributed by atoms with van der Waals surface area (Å²) in [7, 11) is 0. The first-order chi connectivity index (χ1) is 10.0. The van der Waals surface area contributed by atoms with Gasteiger partial charge in [0.2, 0.25) is 0 Å². The molecule has 0 aliphatic rings. The highest BCUT2D eigenvalue weighted by molar-refractivity contribution is 9.10. The fourth-order valence-corrected chi connectivity index (χ4v) is 2.39. The Morgan fingerprint density at radius 2 is 2.00 bits per heavy atom. The molecule has 0 bridgehead atoms. The third kappa shape index (κ3) is 4.01. The molecule has 0 saturated carbocycles. The number of benzene rings is 2. The Hall–Kier alpha value is -1.47. The van der Waals surface area contributed by atoms with Gasteiger partial charge in [0, 0.05) is 21.4 Å². The van der Waals surface area contributed by atoms with Gasteiger partial charge in [0.25, 0.3) is 0 Å². The molecule has 0 aliphatic heterocycles. The first-order valence-corrected chi connectivity index (χ1v) is 7.82. The van der Waals surface area contributed by atoms with E-state index in [2.05, 4.69) is 31.9 Å². The fraction of sp³-hybridized carbons (Fsp3) is 0.143. The van der Waals surface area contributed by atoms with Crippen molar-refractivity contribution in [2.24, 2.45) is 0 Å². The molecule has 2 rings (SSSR count). The van der Waals surface area contributed by atoms with Crippen molar-refractivity contribution < 1.29 is 14.1 Å². The van der Waals surface area contributed by atoms with Crippen LogP contribution in [0.1, 0.15) is 11.1 Å². The van der Waals surface area contributed by atoms with Crippen LogP contribution in [0.2, 0.25) is 0 Å². The molecular weight excluding hydrogens is 409 g/mol. The van der Waals surface area contributed by atoms with E-state index < -0.39 is 10.7 Å². The van der Waals surface area contributed by atoms with Crippen LogP contribution < -0.4 is 4.74 Å². The molecule has 0 N–H and O–H groups in total. The second kappa shape index (κ2) is 7.00. The van der Waals surface area contributed by atoms with Crippen molar-refractivity contribution in [1.82, 2.24) is 0 Å². The average molecular weight is 419 g/mol. The molecule has 2 aromatic rings. The van der Waals surface area contributed by atoms with Gasteiger partial charge in [0.1, 0.15) is 12.4 Å². The van der Waals surface area contributed by atoms with Crippen LogP contribution in [-0.2, 0) is 11.9 Å². The molecule has 0 aliphatic carbocycles. The van der Waals surface area contributed by atoms with Crippen molar-refractivity contribution in [3.05, 3.63) is 67.9 Å². The van der Waals surface area contributed by atoms with Crippen molar-refractivity contribution in [1.29, 1.82) is 0 Å². The zero-order valence-electron chi connectivity index (χ0n) is 10.7. The van der Waals surface area contributed by atoms with E-state index >= 15 is 0 Å². The van der Waals surface area contributed by atoms with Crippen molar-refractivity contribution in [2.75, 3.05) is 0 Å². The normalized spacial score (nSPS) is 10.4. The fourth-order valence-electron chi connectivity index (χ4n) is 1.71. The molecule has 0 saturated heterocycles. The van der Waals surface area contributed by atoms with Gasteiger partial charge in [0.15, 0.2) is 5.75 Å². The highest BCUT2D eigenvalue weighted by Gasteiger charge is 2.16. The molecule has 0 amide bonds. The second-order valence-electron chi connectivity index (χ2n) is 4.22. The largest absolute Gasteiger partial charge is 0.482 e. The van der Waals surface area contributed by atoms with Gasteiger partial charge >= 0.3 is 5.69 Å². The Balaban J connectivity index is 2.21. The predicted molar refractivity (Wildman–Crippen MR) is 84.2 cm³/mol. The molecular formula is C14H10Br2FNO3. The Morgan fingerprint density at radius 1 is 1.24 bits per heavy atom. The maximum Gasteiger partial charge on any atom is 0.311 e. The Kier molecular flexibility index (Phi) is 5.30. The van der Waals surface area contributed by atoms with Crippen LogP contribution in [0, 0.1) is 15.9 Å². The van der Waals surface area contributed by atoms with Crippen LogP contribution in [0.4, 0.5) is 10.1 Å². The number of halogens is 3. The first kappa shape index (κ1) is 15.9. The van der Waals surface area contributed by atoms with Crippen LogP contribution >= 0.6 is 31.9 Å². The molecule has 110 valence electrons. The van der Waals surface area contributed by atoms with E-state index in [1.54, 1.807) is 18.2 Å². The Labute approximate surface area is 137 Å². The van der Waals surface area contributed by atoms with Gasteiger partial charge < -0.3 is 4.74 Å². The van der Waals surface area contributed by atoms with Gasteiger partial charge in [-0.3, -0.25) is 10.1 Å². The summed E-state index contributed by atoms with van der Waals surface area (Å²) in [6.07, 6.45) is 0. The lowest BCUT2D eigenvalue weighted by atomic mass is 10.2. The topological polar surface area (TPSA) is 52.4 Å². The summed E-state index contributed by atoms with van der Waals surface area (Å²) in [6, 6.07) is 9.24. The molecule has 0 heterocycles. The quantitative estimate of drug-likeness (QED) is 0.391. The SMILES string of the molecule is O=[N+]([O-])c1cc(CBr)ccc1OCc1ccc(Br)cc1F. The van der Waals surface area contributed by atoms with E-state index in [0.717, 1.165) is 5.56 Å². The Bertz CT molecular complexity index is 679. The first-order valence-electron chi connectivity index (χ1n) is 5.91. The third-order valence-corrected chi connectivity index (χ3v) is 3.91. The molecule has 0 atom stereocenters. The number of ether oxygens (including phenoxy) is 1. The molecule has 2 aromatic carbocycles.